The Hall–Kier alpha value is -8.69. The van der Waals surface area contributed by atoms with Crippen LogP contribution in [-0.2, 0) is 19.3 Å². The fourth-order valence-electron chi connectivity index (χ4n) is 12.0. The van der Waals surface area contributed by atoms with E-state index in [2.05, 4.69) is 83.5 Å². The maximum atomic E-state index is 15.6. The van der Waals surface area contributed by atoms with Gasteiger partial charge in [0.05, 0.1) is 11.4 Å². The van der Waals surface area contributed by atoms with Gasteiger partial charge in [-0.15, -0.1) is 0 Å². The molecule has 0 bridgehead atoms. The maximum absolute atomic E-state index is 15.6. The normalized spacial score (nSPS) is 15.0. The van der Waals surface area contributed by atoms with Crippen LogP contribution in [0.5, 0.6) is 0 Å². The molecule has 2 aliphatic heterocycles. The smallest absolute Gasteiger partial charge is 0.354 e. The second-order valence-electron chi connectivity index (χ2n) is 19.5. The number of aryl methyl sites for hydroxylation is 1. The number of hydrogen-bond donors (Lipinski definition) is 1. The highest BCUT2D eigenvalue weighted by Crippen LogP contribution is 2.46. The van der Waals surface area contributed by atoms with Gasteiger partial charge in [-0.1, -0.05) is 121 Å². The van der Waals surface area contributed by atoms with Crippen LogP contribution in [0.1, 0.15) is 79.6 Å². The summed E-state index contributed by atoms with van der Waals surface area (Å²) in [5.74, 6) is -0.738. The summed E-state index contributed by atoms with van der Waals surface area (Å²) in [5, 5.41) is 1.50. The molecule has 9 aromatic rings. The van der Waals surface area contributed by atoms with Gasteiger partial charge >= 0.3 is 7.40 Å². The summed E-state index contributed by atoms with van der Waals surface area (Å²) < 4.78 is 32.5. The Labute approximate surface area is 423 Å². The molecule has 4 aliphatic rings. The van der Waals surface area contributed by atoms with E-state index in [4.69, 9.17) is 0 Å². The summed E-state index contributed by atoms with van der Waals surface area (Å²) in [6, 6.07) is 62.4. The zero-order chi connectivity index (χ0) is 49.5. The lowest BCUT2D eigenvalue weighted by atomic mass is 9.89. The molecule has 73 heavy (non-hydrogen) atoms. The number of nitrogens with zero attached hydrogens (tertiary/aromatic N) is 3. The van der Waals surface area contributed by atoms with E-state index >= 15 is 8.63 Å². The zero-order valence-electron chi connectivity index (χ0n) is 40.4. The van der Waals surface area contributed by atoms with E-state index in [-0.39, 0.29) is 11.8 Å². The molecular weight excluding hydrogens is 906 g/mol. The van der Waals surface area contributed by atoms with Crippen molar-refractivity contribution in [2.45, 2.75) is 46.0 Å². The predicted octanol–water partition coefficient (Wildman–Crippen LogP) is 15.0. The molecule has 9 heteroatoms. The molecule has 0 atom stereocenters. The number of fused-ring (bicyclic) bond motifs is 6. The molecule has 3 heterocycles. The van der Waals surface area contributed by atoms with Gasteiger partial charge in [-0.05, 0) is 144 Å². The van der Waals surface area contributed by atoms with Crippen LogP contribution in [0, 0.1) is 6.92 Å². The quantitative estimate of drug-likeness (QED) is 0.104. The summed E-state index contributed by atoms with van der Waals surface area (Å²) in [4.78, 5) is 36.2. The Bertz CT molecular complexity index is 3790. The Morgan fingerprint density at radius 1 is 0.616 bits per heavy atom. The second-order valence-corrected chi connectivity index (χ2v) is 19.5. The fraction of sp³-hybridized carbons (Fsp3) is 0.109. The monoisotopic (exact) mass is 953 g/mol. The van der Waals surface area contributed by atoms with Crippen molar-refractivity contribution >= 4 is 64.0 Å². The molecule has 0 saturated heterocycles. The first-order chi connectivity index (χ1) is 35.7. The van der Waals surface area contributed by atoms with E-state index in [9.17, 15) is 9.59 Å². The molecule has 0 unspecified atom stereocenters. The van der Waals surface area contributed by atoms with Crippen molar-refractivity contribution in [1.29, 1.82) is 0 Å². The number of carbonyl (C=O) groups excluding carboxylic acids is 2. The van der Waals surface area contributed by atoms with E-state index < -0.39 is 7.40 Å². The summed E-state index contributed by atoms with van der Waals surface area (Å²) in [6.07, 6.45) is 3.32. The molecule has 6 nitrogen and oxygen atoms in total. The van der Waals surface area contributed by atoms with Crippen molar-refractivity contribution in [3.05, 3.63) is 255 Å². The summed E-state index contributed by atoms with van der Waals surface area (Å²) >= 11 is 0. The number of benzene rings is 8. The first-order valence-corrected chi connectivity index (χ1v) is 25.0. The topological polar surface area (TPSA) is 59.4 Å². The molecule has 1 N–H and O–H groups in total. The van der Waals surface area contributed by atoms with E-state index in [1.54, 1.807) is 6.07 Å². The number of H-pyrrole nitrogens is 1. The summed E-state index contributed by atoms with van der Waals surface area (Å²) in [5.41, 5.74) is 20.1. The minimum Gasteiger partial charge on any atom is -0.354 e. The third-order valence-electron chi connectivity index (χ3n) is 15.5. The van der Waals surface area contributed by atoms with Crippen molar-refractivity contribution in [2.75, 3.05) is 9.80 Å². The Morgan fingerprint density at radius 3 is 1.89 bits per heavy atom. The number of rotatable bonds is 11. The number of aromatic nitrogens is 1. The Kier molecular flexibility index (Phi) is 10.7. The van der Waals surface area contributed by atoms with Crippen molar-refractivity contribution in [3.63, 3.8) is 0 Å². The SMILES string of the molecule is CC1=C2Cc3ccccc3C2=[N+](B(F)F)/C1=C(/CCCc1ccc(N2C(=O)c3cccc4c(-c5ccc(N(c6ccccc6)c6ccccc6)cc5)ccc(c34)C2=O)cc1)c1[nH]c2c(c1C)Cc1ccccc1-2. The number of para-hydroxylation sites is 2. The number of nitrogens with one attached hydrogen (secondary N) is 1. The van der Waals surface area contributed by atoms with E-state index in [0.29, 0.717) is 59.3 Å². The lowest BCUT2D eigenvalue weighted by Gasteiger charge is -2.28. The molecule has 13 rings (SSSR count). The van der Waals surface area contributed by atoms with Crippen LogP contribution in [0.2, 0.25) is 0 Å². The van der Waals surface area contributed by atoms with Gasteiger partial charge < -0.3 is 9.88 Å². The standard InChI is InChI=1S/C64H47BF2N4O2/c1-39-56-37-43-16-9-11-22-50(43)60(56)68-59(39)55(61-40(2)57-38-44-17-10-12-23-51(44)62(57)71(61)65(66)67)26-13-15-41-27-31-48(32-28-41)70-63(72)53-25-14-24-52-49(35-36-54(58(52)53)64(70)73)42-29-33-47(34-30-42)69(45-18-5-3-6-19-45)46-20-7-4-8-21-46/h3-12,14,16-25,27-36H,13,15,26,37-38H2,1-2H3/p+1. The van der Waals surface area contributed by atoms with Crippen LogP contribution in [-0.4, -0.2) is 34.4 Å². The number of halogens is 2. The number of allylic oxidation sites excluding steroid dienone is 3. The second kappa shape index (κ2) is 17.6. The van der Waals surface area contributed by atoms with Crippen molar-refractivity contribution < 1.29 is 22.7 Å². The minimum atomic E-state index is -2.73. The van der Waals surface area contributed by atoms with Gasteiger partial charge in [0.2, 0.25) is 0 Å². The third kappa shape index (κ3) is 7.16. The predicted molar refractivity (Wildman–Crippen MR) is 290 cm³/mol. The average Bonchev–Trinajstić information content (AvgIpc) is 4.16. The molecule has 1 aromatic heterocycles. The van der Waals surface area contributed by atoms with Crippen LogP contribution in [0.15, 0.2) is 205 Å². The van der Waals surface area contributed by atoms with Crippen molar-refractivity contribution in [2.24, 2.45) is 0 Å². The van der Waals surface area contributed by atoms with Crippen molar-refractivity contribution in [1.82, 2.24) is 4.98 Å². The molecule has 2 aliphatic carbocycles. The third-order valence-corrected chi connectivity index (χ3v) is 15.5. The minimum absolute atomic E-state index is 0.369. The van der Waals surface area contributed by atoms with E-state index in [0.717, 1.165) is 95.9 Å². The molecular formula is C64H48BF2N4O2+. The first-order valence-electron chi connectivity index (χ1n) is 25.0. The number of anilines is 4. The van der Waals surface area contributed by atoms with Gasteiger partial charge in [-0.2, -0.15) is 0 Å². The van der Waals surface area contributed by atoms with Crippen LogP contribution in [0.3, 0.4) is 0 Å². The van der Waals surface area contributed by atoms with E-state index in [1.807, 2.05) is 122 Å². The zero-order valence-corrected chi connectivity index (χ0v) is 40.4. The lowest BCUT2D eigenvalue weighted by molar-refractivity contribution is -0.342. The highest BCUT2D eigenvalue weighted by molar-refractivity contribution is 6.38. The Morgan fingerprint density at radius 2 is 1.21 bits per heavy atom. The van der Waals surface area contributed by atoms with Crippen LogP contribution in [0.4, 0.5) is 31.4 Å². The highest BCUT2D eigenvalue weighted by Gasteiger charge is 2.51. The molecule has 0 spiro atoms. The van der Waals surface area contributed by atoms with Gasteiger partial charge in [-0.25, -0.2) is 18.0 Å². The molecule has 0 fully saturated rings. The van der Waals surface area contributed by atoms with Gasteiger partial charge in [0.1, 0.15) is 0 Å². The molecule has 0 radical (unpaired) electrons. The van der Waals surface area contributed by atoms with Gasteiger partial charge in [0, 0.05) is 80.0 Å². The molecule has 2 amide bonds. The maximum Gasteiger partial charge on any atom is 0.935 e. The first kappa shape index (κ1) is 44.3. The number of hydrogen-bond acceptors (Lipinski definition) is 3. The van der Waals surface area contributed by atoms with Crippen molar-refractivity contribution in [3.8, 4) is 22.4 Å². The molecule has 352 valence electrons. The highest BCUT2D eigenvalue weighted by atomic mass is 19.2. The number of carbonyl (C=O) groups is 2. The van der Waals surface area contributed by atoms with Gasteiger partial charge in [0.15, 0.2) is 11.4 Å². The van der Waals surface area contributed by atoms with Crippen LogP contribution < -0.4 is 9.80 Å². The molecule has 0 saturated carbocycles. The fourth-order valence-corrected chi connectivity index (χ4v) is 12.0. The Balaban J connectivity index is 0.780. The largest absolute Gasteiger partial charge is 0.935 e. The lowest BCUT2D eigenvalue weighted by Crippen LogP contribution is -2.40. The van der Waals surface area contributed by atoms with E-state index in [1.165, 1.54) is 20.5 Å². The average molecular weight is 954 g/mol. The van der Waals surface area contributed by atoms with Crippen LogP contribution >= 0.6 is 0 Å². The number of amides is 2. The molecule has 8 aromatic carbocycles. The number of imide groups is 1. The number of aromatic amines is 1. The summed E-state index contributed by atoms with van der Waals surface area (Å²) in [7, 11) is -2.73. The van der Waals surface area contributed by atoms with Gasteiger partial charge in [0.25, 0.3) is 11.8 Å². The summed E-state index contributed by atoms with van der Waals surface area (Å²) in [6.45, 7) is 4.13. The van der Waals surface area contributed by atoms with Crippen LogP contribution in [0.25, 0.3) is 38.7 Å². The van der Waals surface area contributed by atoms with Gasteiger partial charge in [-0.3, -0.25) is 9.59 Å².